The number of amides is 3. The van der Waals surface area contributed by atoms with Gasteiger partial charge in [0.1, 0.15) is 0 Å². The Morgan fingerprint density at radius 2 is 2.00 bits per heavy atom. The van der Waals surface area contributed by atoms with Crippen molar-refractivity contribution in [1.82, 2.24) is 10.2 Å². The van der Waals surface area contributed by atoms with E-state index in [4.69, 9.17) is 9.88 Å². The molecule has 1 heterocycles. The fourth-order valence-corrected chi connectivity index (χ4v) is 3.12. The molecule has 1 aromatic rings. The Morgan fingerprint density at radius 3 is 2.54 bits per heavy atom. The van der Waals surface area contributed by atoms with Gasteiger partial charge in [-0.3, -0.25) is 9.69 Å². The van der Waals surface area contributed by atoms with Crippen molar-refractivity contribution in [2.45, 2.75) is 18.7 Å². The van der Waals surface area contributed by atoms with Gasteiger partial charge in [0.2, 0.25) is 10.0 Å². The highest BCUT2D eigenvalue weighted by molar-refractivity contribution is 7.89. The average molecular weight is 355 g/mol. The Kier molecular flexibility index (Phi) is 4.90. The lowest BCUT2D eigenvalue weighted by Gasteiger charge is -2.13. The first-order chi connectivity index (χ1) is 11.1. The van der Waals surface area contributed by atoms with Crippen LogP contribution in [0.2, 0.25) is 0 Å². The van der Waals surface area contributed by atoms with E-state index in [1.165, 1.54) is 6.07 Å². The van der Waals surface area contributed by atoms with Gasteiger partial charge in [-0.15, -0.1) is 0 Å². The number of ether oxygens (including phenoxy) is 1. The van der Waals surface area contributed by atoms with E-state index >= 15 is 0 Å². The lowest BCUT2D eigenvalue weighted by Crippen LogP contribution is -2.37. The molecule has 0 aliphatic carbocycles. The number of carbonyl (C=O) groups excluding carboxylic acids is 3. The third kappa shape index (κ3) is 3.71. The van der Waals surface area contributed by atoms with Gasteiger partial charge in [0, 0.05) is 13.1 Å². The number of esters is 1. The zero-order chi connectivity index (χ0) is 18.1. The quantitative estimate of drug-likeness (QED) is 0.709. The van der Waals surface area contributed by atoms with Gasteiger partial charge in [0.05, 0.1) is 10.5 Å². The molecule has 0 saturated carbocycles. The molecule has 3 amide bonds. The third-order valence-electron chi connectivity index (χ3n) is 3.65. The molecular weight excluding hydrogens is 338 g/mol. The summed E-state index contributed by atoms with van der Waals surface area (Å²) < 4.78 is 28.0. The molecule has 24 heavy (non-hydrogen) atoms. The molecule has 1 aliphatic heterocycles. The number of rotatable bonds is 4. The molecule has 0 spiro atoms. The van der Waals surface area contributed by atoms with Gasteiger partial charge in [-0.2, -0.15) is 0 Å². The Balaban J connectivity index is 2.14. The Labute approximate surface area is 138 Å². The van der Waals surface area contributed by atoms with Gasteiger partial charge in [-0.25, -0.2) is 23.1 Å². The SMILES string of the molecule is Cc1cc(C(=O)OCC(=O)N2CCNC2=O)cc(S(N)(=O)=O)c1C. The minimum atomic E-state index is -4.00. The predicted octanol–water partition coefficient (Wildman–Crippen LogP) is -0.341. The number of primary sulfonamides is 1. The molecule has 1 aliphatic rings. The number of nitrogens with one attached hydrogen (secondary N) is 1. The van der Waals surface area contributed by atoms with E-state index in [-0.39, 0.29) is 17.0 Å². The second-order valence-electron chi connectivity index (χ2n) is 5.31. The van der Waals surface area contributed by atoms with E-state index in [1.54, 1.807) is 13.8 Å². The summed E-state index contributed by atoms with van der Waals surface area (Å²) in [6.07, 6.45) is 0. The maximum Gasteiger partial charge on any atom is 0.338 e. The van der Waals surface area contributed by atoms with Crippen molar-refractivity contribution < 1.29 is 27.5 Å². The van der Waals surface area contributed by atoms with Crippen molar-refractivity contribution in [3.63, 3.8) is 0 Å². The minimum Gasteiger partial charge on any atom is -0.452 e. The van der Waals surface area contributed by atoms with Crippen molar-refractivity contribution in [3.8, 4) is 0 Å². The summed E-state index contributed by atoms with van der Waals surface area (Å²) in [4.78, 5) is 36.0. The number of urea groups is 1. The molecule has 0 radical (unpaired) electrons. The van der Waals surface area contributed by atoms with E-state index in [2.05, 4.69) is 5.32 Å². The minimum absolute atomic E-state index is 0.0409. The third-order valence-corrected chi connectivity index (χ3v) is 4.68. The normalized spacial score (nSPS) is 14.5. The van der Waals surface area contributed by atoms with E-state index in [0.29, 0.717) is 17.7 Å². The van der Waals surface area contributed by atoms with Crippen molar-refractivity contribution >= 4 is 27.9 Å². The first kappa shape index (κ1) is 17.9. The summed E-state index contributed by atoms with van der Waals surface area (Å²) in [5.41, 5.74) is 0.929. The second-order valence-corrected chi connectivity index (χ2v) is 6.84. The molecular formula is C14H17N3O6S. The lowest BCUT2D eigenvalue weighted by atomic mass is 10.1. The van der Waals surface area contributed by atoms with Crippen LogP contribution in [-0.4, -0.2) is 50.9 Å². The van der Waals surface area contributed by atoms with Crippen LogP contribution in [0.25, 0.3) is 0 Å². The molecule has 9 nitrogen and oxygen atoms in total. The summed E-state index contributed by atoms with van der Waals surface area (Å²) >= 11 is 0. The monoisotopic (exact) mass is 355 g/mol. The highest BCUT2D eigenvalue weighted by Crippen LogP contribution is 2.20. The number of aryl methyl sites for hydroxylation is 1. The first-order valence-electron chi connectivity index (χ1n) is 7.00. The van der Waals surface area contributed by atoms with Crippen molar-refractivity contribution in [3.05, 3.63) is 28.8 Å². The molecule has 0 bridgehead atoms. The fourth-order valence-electron chi connectivity index (χ4n) is 2.24. The standard InChI is InChI=1S/C14H17N3O6S/c1-8-5-10(6-11(9(8)2)24(15,21)22)13(19)23-7-12(18)17-4-3-16-14(17)20/h5-6H,3-4,7H2,1-2H3,(H,16,20)(H2,15,21,22). The number of sulfonamides is 1. The summed E-state index contributed by atoms with van der Waals surface area (Å²) in [5, 5.41) is 7.58. The van der Waals surface area contributed by atoms with E-state index < -0.39 is 34.5 Å². The van der Waals surface area contributed by atoms with Crippen LogP contribution < -0.4 is 10.5 Å². The number of carbonyl (C=O) groups is 3. The zero-order valence-electron chi connectivity index (χ0n) is 13.2. The smallest absolute Gasteiger partial charge is 0.338 e. The second kappa shape index (κ2) is 6.57. The largest absolute Gasteiger partial charge is 0.452 e. The van der Waals surface area contributed by atoms with E-state index in [1.807, 2.05) is 0 Å². The molecule has 1 aromatic carbocycles. The molecule has 3 N–H and O–H groups in total. The molecule has 1 saturated heterocycles. The van der Waals surface area contributed by atoms with Gasteiger partial charge in [0.25, 0.3) is 5.91 Å². The van der Waals surface area contributed by atoms with Crippen LogP contribution in [0.4, 0.5) is 4.79 Å². The molecule has 2 rings (SSSR count). The van der Waals surface area contributed by atoms with Gasteiger partial charge in [-0.05, 0) is 37.1 Å². The Morgan fingerprint density at radius 1 is 1.33 bits per heavy atom. The summed E-state index contributed by atoms with van der Waals surface area (Å²) in [6, 6.07) is 2.01. The Hall–Kier alpha value is -2.46. The Bertz CT molecular complexity index is 818. The van der Waals surface area contributed by atoms with Crippen LogP contribution >= 0.6 is 0 Å². The fraction of sp³-hybridized carbons (Fsp3) is 0.357. The predicted molar refractivity (Wildman–Crippen MR) is 82.7 cm³/mol. The maximum absolute atomic E-state index is 12.1. The van der Waals surface area contributed by atoms with Crippen LogP contribution in [0.3, 0.4) is 0 Å². The highest BCUT2D eigenvalue weighted by Gasteiger charge is 2.27. The number of nitrogens with two attached hydrogens (primary N) is 1. The molecule has 1 fully saturated rings. The molecule has 10 heteroatoms. The van der Waals surface area contributed by atoms with Gasteiger partial charge >= 0.3 is 12.0 Å². The number of hydrogen-bond acceptors (Lipinski definition) is 6. The highest BCUT2D eigenvalue weighted by atomic mass is 32.2. The lowest BCUT2D eigenvalue weighted by molar-refractivity contribution is -0.130. The summed E-state index contributed by atoms with van der Waals surface area (Å²) in [6.45, 7) is 3.12. The molecule has 130 valence electrons. The van der Waals surface area contributed by atoms with Crippen molar-refractivity contribution in [2.24, 2.45) is 5.14 Å². The van der Waals surface area contributed by atoms with Gasteiger partial charge < -0.3 is 10.1 Å². The van der Waals surface area contributed by atoms with Crippen molar-refractivity contribution in [1.29, 1.82) is 0 Å². The number of benzene rings is 1. The van der Waals surface area contributed by atoms with Gasteiger partial charge in [-0.1, -0.05) is 0 Å². The maximum atomic E-state index is 12.1. The first-order valence-corrected chi connectivity index (χ1v) is 8.55. The average Bonchev–Trinajstić information content (AvgIpc) is 2.92. The van der Waals surface area contributed by atoms with Gasteiger partial charge in [0.15, 0.2) is 6.61 Å². The van der Waals surface area contributed by atoms with Crippen LogP contribution in [-0.2, 0) is 19.6 Å². The molecule has 0 atom stereocenters. The summed E-state index contributed by atoms with van der Waals surface area (Å²) in [5.74, 6) is -1.54. The van der Waals surface area contributed by atoms with Crippen LogP contribution in [0.15, 0.2) is 17.0 Å². The van der Waals surface area contributed by atoms with E-state index in [0.717, 1.165) is 11.0 Å². The molecule has 0 unspecified atom stereocenters. The number of hydrogen-bond donors (Lipinski definition) is 2. The van der Waals surface area contributed by atoms with Crippen LogP contribution in [0.1, 0.15) is 21.5 Å². The molecule has 0 aromatic heterocycles. The number of nitrogens with zero attached hydrogens (tertiary/aromatic N) is 1. The van der Waals surface area contributed by atoms with E-state index in [9.17, 15) is 22.8 Å². The zero-order valence-corrected chi connectivity index (χ0v) is 14.0. The van der Waals surface area contributed by atoms with Crippen LogP contribution in [0, 0.1) is 13.8 Å². The topological polar surface area (TPSA) is 136 Å². The number of imide groups is 1. The summed E-state index contributed by atoms with van der Waals surface area (Å²) in [7, 11) is -4.00. The van der Waals surface area contributed by atoms with Crippen LogP contribution in [0.5, 0.6) is 0 Å². The van der Waals surface area contributed by atoms with Crippen molar-refractivity contribution in [2.75, 3.05) is 19.7 Å².